The lowest BCUT2D eigenvalue weighted by Gasteiger charge is -2.10. The van der Waals surface area contributed by atoms with Crippen molar-refractivity contribution < 1.29 is 19.3 Å². The molecule has 0 unspecified atom stereocenters. The van der Waals surface area contributed by atoms with Gasteiger partial charge >= 0.3 is 0 Å². The van der Waals surface area contributed by atoms with Crippen molar-refractivity contribution in [3.05, 3.63) is 64.0 Å². The van der Waals surface area contributed by atoms with Gasteiger partial charge in [0, 0.05) is 46.1 Å². The van der Waals surface area contributed by atoms with E-state index in [1.54, 1.807) is 41.7 Å². The highest BCUT2D eigenvalue weighted by Crippen LogP contribution is 2.20. The Balaban J connectivity index is 1.64. The lowest BCUT2D eigenvalue weighted by atomic mass is 10.3. The molecule has 0 atom stereocenters. The summed E-state index contributed by atoms with van der Waals surface area (Å²) in [6.45, 7) is 1.40. The predicted octanol–water partition coefficient (Wildman–Crippen LogP) is 1.80. The summed E-state index contributed by atoms with van der Waals surface area (Å²) in [5.74, 6) is -1.22. The van der Waals surface area contributed by atoms with E-state index in [0.29, 0.717) is 23.6 Å². The molecule has 3 aromatic heterocycles. The van der Waals surface area contributed by atoms with E-state index in [9.17, 15) is 24.5 Å². The summed E-state index contributed by atoms with van der Waals surface area (Å²) in [4.78, 5) is 50.3. The van der Waals surface area contributed by atoms with E-state index in [4.69, 9.17) is 0 Å². The first-order valence-corrected chi connectivity index (χ1v) is 11.2. The van der Waals surface area contributed by atoms with Crippen molar-refractivity contribution in [2.45, 2.75) is 6.42 Å². The third-order valence-corrected chi connectivity index (χ3v) is 5.49. The lowest BCUT2D eigenvalue weighted by molar-refractivity contribution is -0.384. The first-order chi connectivity index (χ1) is 17.0. The molecule has 0 aliphatic rings. The fourth-order valence-corrected chi connectivity index (χ4v) is 3.67. The molecule has 0 aliphatic carbocycles. The fourth-order valence-electron chi connectivity index (χ4n) is 3.67. The van der Waals surface area contributed by atoms with E-state index in [1.807, 2.05) is 19.0 Å². The summed E-state index contributed by atoms with van der Waals surface area (Å²) < 4.78 is 4.53. The Labute approximate surface area is 207 Å². The summed E-state index contributed by atoms with van der Waals surface area (Å²) >= 11 is 0. The average Bonchev–Trinajstić information content (AvgIpc) is 3.47. The van der Waals surface area contributed by atoms with Crippen LogP contribution < -0.4 is 16.0 Å². The zero-order chi connectivity index (χ0) is 26.6. The molecular formula is C23H30N8O5. The molecule has 3 amide bonds. The van der Waals surface area contributed by atoms with E-state index in [-0.39, 0.29) is 23.0 Å². The molecule has 0 saturated heterocycles. The standard InChI is InChI=1S/C23H30N8O5/c1-27(2)8-6-7-24-21(32)18-9-15(12-28(18)3)25-22(33)19-10-16(13-29(19)4)26-23(34)20-11-17(31(35)36)14-30(20)5/h9-14H,6-8H2,1-5H3,(H,24,32)(H,25,33)(H,26,34). The number of carbonyl (C=O) groups is 3. The minimum Gasteiger partial charge on any atom is -0.351 e. The van der Waals surface area contributed by atoms with Crippen LogP contribution in [0.2, 0.25) is 0 Å². The fraction of sp³-hybridized carbons (Fsp3) is 0.348. The smallest absolute Gasteiger partial charge is 0.287 e. The largest absolute Gasteiger partial charge is 0.351 e. The van der Waals surface area contributed by atoms with Crippen molar-refractivity contribution in [3.8, 4) is 0 Å². The molecule has 0 fully saturated rings. The Hall–Kier alpha value is -4.39. The van der Waals surface area contributed by atoms with Crippen molar-refractivity contribution in [2.75, 3.05) is 37.8 Å². The van der Waals surface area contributed by atoms with Crippen LogP contribution in [0.3, 0.4) is 0 Å². The van der Waals surface area contributed by atoms with E-state index in [2.05, 4.69) is 16.0 Å². The molecule has 3 N–H and O–H groups in total. The Morgan fingerprint density at radius 3 is 1.78 bits per heavy atom. The van der Waals surface area contributed by atoms with Crippen molar-refractivity contribution >= 4 is 34.8 Å². The maximum atomic E-state index is 12.9. The van der Waals surface area contributed by atoms with Crippen LogP contribution in [-0.4, -0.2) is 68.4 Å². The number of amides is 3. The number of carbonyl (C=O) groups excluding carboxylic acids is 3. The van der Waals surface area contributed by atoms with Crippen LogP contribution in [-0.2, 0) is 21.1 Å². The monoisotopic (exact) mass is 498 g/mol. The number of hydrogen-bond donors (Lipinski definition) is 3. The van der Waals surface area contributed by atoms with Gasteiger partial charge in [-0.3, -0.25) is 24.5 Å². The van der Waals surface area contributed by atoms with Gasteiger partial charge in [-0.2, -0.15) is 0 Å². The van der Waals surface area contributed by atoms with Crippen molar-refractivity contribution in [3.63, 3.8) is 0 Å². The number of hydrogen-bond acceptors (Lipinski definition) is 6. The molecule has 0 spiro atoms. The molecule has 3 rings (SSSR count). The molecule has 0 aliphatic heterocycles. The van der Waals surface area contributed by atoms with Gasteiger partial charge in [0.05, 0.1) is 22.5 Å². The molecule has 13 heteroatoms. The Bertz CT molecular complexity index is 1300. The number of nitrogens with one attached hydrogen (secondary N) is 3. The predicted molar refractivity (Wildman–Crippen MR) is 134 cm³/mol. The van der Waals surface area contributed by atoms with Crippen molar-refractivity contribution in [1.82, 2.24) is 23.9 Å². The average molecular weight is 499 g/mol. The summed E-state index contributed by atoms with van der Waals surface area (Å²) in [7, 11) is 8.83. The molecule has 0 radical (unpaired) electrons. The van der Waals surface area contributed by atoms with Gasteiger partial charge in [-0.1, -0.05) is 0 Å². The minimum absolute atomic E-state index is 0.105. The van der Waals surface area contributed by atoms with E-state index in [0.717, 1.165) is 13.0 Å². The second kappa shape index (κ2) is 10.9. The Morgan fingerprint density at radius 2 is 1.31 bits per heavy atom. The van der Waals surface area contributed by atoms with E-state index < -0.39 is 16.7 Å². The van der Waals surface area contributed by atoms with E-state index in [1.165, 1.54) is 29.9 Å². The molecular weight excluding hydrogens is 468 g/mol. The molecule has 3 heterocycles. The summed E-state index contributed by atoms with van der Waals surface area (Å²) in [6, 6.07) is 4.26. The quantitative estimate of drug-likeness (QED) is 0.220. The number of nitrogens with zero attached hydrogens (tertiary/aromatic N) is 5. The number of rotatable bonds is 10. The highest BCUT2D eigenvalue weighted by Gasteiger charge is 2.20. The van der Waals surface area contributed by atoms with Crippen molar-refractivity contribution in [1.29, 1.82) is 0 Å². The van der Waals surface area contributed by atoms with Gasteiger partial charge < -0.3 is 34.6 Å². The summed E-state index contributed by atoms with van der Waals surface area (Å²) in [5, 5.41) is 19.2. The van der Waals surface area contributed by atoms with Crippen LogP contribution >= 0.6 is 0 Å². The lowest BCUT2D eigenvalue weighted by Crippen LogP contribution is -2.28. The van der Waals surface area contributed by atoms with Crippen LogP contribution in [0.4, 0.5) is 17.1 Å². The maximum absolute atomic E-state index is 12.9. The summed E-state index contributed by atoms with van der Waals surface area (Å²) in [5.41, 5.74) is 1.38. The van der Waals surface area contributed by atoms with Gasteiger partial charge in [0.25, 0.3) is 23.4 Å². The first-order valence-electron chi connectivity index (χ1n) is 11.2. The van der Waals surface area contributed by atoms with Crippen LogP contribution in [0.15, 0.2) is 36.8 Å². The SMILES string of the molecule is CN(C)CCCNC(=O)c1cc(NC(=O)c2cc(NC(=O)c3cc([N+](=O)[O-])cn3C)cn2C)cn1C. The molecule has 36 heavy (non-hydrogen) atoms. The highest BCUT2D eigenvalue weighted by molar-refractivity contribution is 6.07. The normalized spacial score (nSPS) is 10.9. The first kappa shape index (κ1) is 26.2. The van der Waals surface area contributed by atoms with Crippen molar-refractivity contribution in [2.24, 2.45) is 21.1 Å². The van der Waals surface area contributed by atoms with Crippen LogP contribution in [0.25, 0.3) is 0 Å². The number of anilines is 2. The third kappa shape index (κ3) is 6.18. The van der Waals surface area contributed by atoms with Crippen LogP contribution in [0, 0.1) is 10.1 Å². The number of aromatic nitrogens is 3. The van der Waals surface area contributed by atoms with Gasteiger partial charge in [0.2, 0.25) is 0 Å². The second-order valence-corrected chi connectivity index (χ2v) is 8.72. The Morgan fingerprint density at radius 1 is 0.833 bits per heavy atom. The van der Waals surface area contributed by atoms with Gasteiger partial charge in [-0.15, -0.1) is 0 Å². The molecule has 0 saturated carbocycles. The molecule has 192 valence electrons. The number of aryl methyl sites for hydroxylation is 3. The Kier molecular flexibility index (Phi) is 7.94. The van der Waals surface area contributed by atoms with E-state index >= 15 is 0 Å². The second-order valence-electron chi connectivity index (χ2n) is 8.72. The molecule has 13 nitrogen and oxygen atoms in total. The molecule has 0 bridgehead atoms. The van der Waals surface area contributed by atoms with Gasteiger partial charge in [-0.05, 0) is 39.2 Å². The topological polar surface area (TPSA) is 148 Å². The number of nitro groups is 1. The zero-order valence-corrected chi connectivity index (χ0v) is 20.9. The highest BCUT2D eigenvalue weighted by atomic mass is 16.6. The van der Waals surface area contributed by atoms with Crippen LogP contribution in [0.5, 0.6) is 0 Å². The zero-order valence-electron chi connectivity index (χ0n) is 20.9. The summed E-state index contributed by atoms with van der Waals surface area (Å²) in [6.07, 6.45) is 5.26. The maximum Gasteiger partial charge on any atom is 0.287 e. The molecule has 3 aromatic rings. The van der Waals surface area contributed by atoms with Gasteiger partial charge in [0.15, 0.2) is 0 Å². The third-order valence-electron chi connectivity index (χ3n) is 5.49. The minimum atomic E-state index is -0.578. The molecule has 0 aromatic carbocycles. The van der Waals surface area contributed by atoms with Gasteiger partial charge in [0.1, 0.15) is 17.1 Å². The van der Waals surface area contributed by atoms with Crippen LogP contribution in [0.1, 0.15) is 37.9 Å². The van der Waals surface area contributed by atoms with Gasteiger partial charge in [-0.25, -0.2) is 0 Å².